The minimum Gasteiger partial charge on any atom is -0.507 e. The zero-order valence-corrected chi connectivity index (χ0v) is 11.2. The molecule has 0 aromatic heterocycles. The maximum atomic E-state index is 13.8. The maximum absolute atomic E-state index is 13.8. The first-order chi connectivity index (χ1) is 9.15. The molecule has 1 amide bonds. The number of amides is 1. The Kier molecular flexibility index (Phi) is 4.40. The molecular weight excluding hydrogens is 245 g/mol. The van der Waals surface area contributed by atoms with Crippen LogP contribution in [0.5, 0.6) is 5.75 Å². The van der Waals surface area contributed by atoms with Gasteiger partial charge in [0.25, 0.3) is 5.91 Å². The highest BCUT2D eigenvalue weighted by atomic mass is 19.1. The van der Waals surface area contributed by atoms with Crippen LogP contribution in [-0.4, -0.2) is 28.5 Å². The number of phenolic OH excluding ortho intramolecular Hbond substituents is 1. The molecule has 1 unspecified atom stereocenters. The van der Waals surface area contributed by atoms with Crippen molar-refractivity contribution in [3.05, 3.63) is 29.6 Å². The molecule has 104 valence electrons. The molecule has 1 aliphatic heterocycles. The summed E-state index contributed by atoms with van der Waals surface area (Å²) in [6.07, 6.45) is 4.96. The molecule has 0 saturated carbocycles. The molecule has 2 rings (SSSR count). The summed E-state index contributed by atoms with van der Waals surface area (Å²) in [6.45, 7) is 2.68. The van der Waals surface area contributed by atoms with Gasteiger partial charge in [0, 0.05) is 12.6 Å². The number of likely N-dealkylation sites (tertiary alicyclic amines) is 1. The largest absolute Gasteiger partial charge is 0.507 e. The Hall–Kier alpha value is -1.58. The van der Waals surface area contributed by atoms with Crippen molar-refractivity contribution in [1.29, 1.82) is 0 Å². The number of carbonyl (C=O) groups excluding carboxylic acids is 1. The summed E-state index contributed by atoms with van der Waals surface area (Å²) in [4.78, 5) is 14.2. The summed E-state index contributed by atoms with van der Waals surface area (Å²) in [6, 6.07) is 4.12. The summed E-state index contributed by atoms with van der Waals surface area (Å²) in [5.74, 6) is -1.31. The van der Waals surface area contributed by atoms with Gasteiger partial charge in [-0.05, 0) is 31.4 Å². The van der Waals surface area contributed by atoms with Gasteiger partial charge in [0.1, 0.15) is 17.1 Å². The molecule has 0 aliphatic carbocycles. The van der Waals surface area contributed by atoms with Crippen LogP contribution < -0.4 is 0 Å². The first-order valence-corrected chi connectivity index (χ1v) is 6.93. The Balaban J connectivity index is 2.30. The molecule has 1 saturated heterocycles. The lowest BCUT2D eigenvalue weighted by atomic mass is 10.1. The van der Waals surface area contributed by atoms with Gasteiger partial charge in [-0.1, -0.05) is 25.8 Å². The van der Waals surface area contributed by atoms with Crippen LogP contribution in [0, 0.1) is 5.82 Å². The van der Waals surface area contributed by atoms with Crippen LogP contribution >= 0.6 is 0 Å². The first kappa shape index (κ1) is 13.8. The van der Waals surface area contributed by atoms with E-state index in [4.69, 9.17) is 0 Å². The Morgan fingerprint density at radius 3 is 2.89 bits per heavy atom. The third-order valence-electron chi connectivity index (χ3n) is 3.81. The van der Waals surface area contributed by atoms with Crippen molar-refractivity contribution in [2.24, 2.45) is 0 Å². The molecule has 1 N–H and O–H groups in total. The van der Waals surface area contributed by atoms with Crippen molar-refractivity contribution < 1.29 is 14.3 Å². The molecule has 0 bridgehead atoms. The van der Waals surface area contributed by atoms with E-state index in [0.29, 0.717) is 6.54 Å². The summed E-state index contributed by atoms with van der Waals surface area (Å²) >= 11 is 0. The van der Waals surface area contributed by atoms with Crippen LogP contribution in [0.15, 0.2) is 18.2 Å². The fourth-order valence-electron chi connectivity index (χ4n) is 2.74. The van der Waals surface area contributed by atoms with Crippen LogP contribution in [0.1, 0.15) is 49.4 Å². The van der Waals surface area contributed by atoms with Gasteiger partial charge in [-0.25, -0.2) is 4.39 Å². The van der Waals surface area contributed by atoms with Gasteiger partial charge in [0.2, 0.25) is 0 Å². The second-order valence-corrected chi connectivity index (χ2v) is 5.04. The summed E-state index contributed by atoms with van der Waals surface area (Å²) in [5, 5.41) is 9.73. The van der Waals surface area contributed by atoms with Crippen molar-refractivity contribution in [3.8, 4) is 5.75 Å². The molecular formula is C15H20FNO2. The van der Waals surface area contributed by atoms with E-state index < -0.39 is 5.82 Å². The van der Waals surface area contributed by atoms with E-state index in [1.807, 2.05) is 6.92 Å². The van der Waals surface area contributed by atoms with Crippen LogP contribution in [0.2, 0.25) is 0 Å². The zero-order chi connectivity index (χ0) is 13.8. The minimum atomic E-state index is -0.649. The predicted molar refractivity (Wildman–Crippen MR) is 71.6 cm³/mol. The second kappa shape index (κ2) is 6.04. The molecule has 1 heterocycles. The standard InChI is InChI=1S/C15H20FNO2/c1-2-11-7-4-3-5-10-17(11)15(19)14-12(16)8-6-9-13(14)18/h6,8-9,11,18H,2-5,7,10H2,1H3. The number of benzene rings is 1. The van der Waals surface area contributed by atoms with Crippen LogP contribution in [0.3, 0.4) is 0 Å². The smallest absolute Gasteiger partial charge is 0.260 e. The summed E-state index contributed by atoms with van der Waals surface area (Å²) in [7, 11) is 0. The van der Waals surface area contributed by atoms with Crippen molar-refractivity contribution in [2.45, 2.75) is 45.1 Å². The Morgan fingerprint density at radius 1 is 1.42 bits per heavy atom. The highest BCUT2D eigenvalue weighted by Crippen LogP contribution is 2.26. The number of phenols is 1. The fourth-order valence-corrected chi connectivity index (χ4v) is 2.74. The van der Waals surface area contributed by atoms with E-state index in [9.17, 15) is 14.3 Å². The average molecular weight is 265 g/mol. The lowest BCUT2D eigenvalue weighted by molar-refractivity contribution is 0.0670. The Labute approximate surface area is 113 Å². The molecule has 19 heavy (non-hydrogen) atoms. The van der Waals surface area contributed by atoms with Gasteiger partial charge >= 0.3 is 0 Å². The Bertz CT molecular complexity index is 441. The Morgan fingerprint density at radius 2 is 2.21 bits per heavy atom. The van der Waals surface area contributed by atoms with E-state index in [1.165, 1.54) is 18.2 Å². The van der Waals surface area contributed by atoms with Gasteiger partial charge in [0.15, 0.2) is 0 Å². The molecule has 1 aromatic rings. The molecule has 1 aromatic carbocycles. The van der Waals surface area contributed by atoms with E-state index in [2.05, 4.69) is 0 Å². The van der Waals surface area contributed by atoms with E-state index in [-0.39, 0.29) is 23.3 Å². The average Bonchev–Trinajstić information content (AvgIpc) is 2.63. The number of halogens is 1. The van der Waals surface area contributed by atoms with E-state index >= 15 is 0 Å². The molecule has 0 spiro atoms. The number of hydrogen-bond donors (Lipinski definition) is 1. The van der Waals surface area contributed by atoms with Crippen molar-refractivity contribution in [3.63, 3.8) is 0 Å². The topological polar surface area (TPSA) is 40.5 Å². The van der Waals surface area contributed by atoms with Crippen molar-refractivity contribution in [1.82, 2.24) is 4.90 Å². The molecule has 0 radical (unpaired) electrons. The monoisotopic (exact) mass is 265 g/mol. The van der Waals surface area contributed by atoms with Crippen molar-refractivity contribution >= 4 is 5.91 Å². The van der Waals surface area contributed by atoms with E-state index in [1.54, 1.807) is 4.90 Å². The van der Waals surface area contributed by atoms with Gasteiger partial charge in [-0.3, -0.25) is 4.79 Å². The van der Waals surface area contributed by atoms with E-state index in [0.717, 1.165) is 32.1 Å². The third-order valence-corrected chi connectivity index (χ3v) is 3.81. The molecule has 4 heteroatoms. The number of aromatic hydroxyl groups is 1. The zero-order valence-electron chi connectivity index (χ0n) is 11.2. The first-order valence-electron chi connectivity index (χ1n) is 6.93. The fraction of sp³-hybridized carbons (Fsp3) is 0.533. The van der Waals surface area contributed by atoms with Gasteiger partial charge in [-0.15, -0.1) is 0 Å². The third kappa shape index (κ3) is 2.88. The second-order valence-electron chi connectivity index (χ2n) is 5.04. The highest BCUT2D eigenvalue weighted by molar-refractivity contribution is 5.97. The number of rotatable bonds is 2. The number of hydrogen-bond acceptors (Lipinski definition) is 2. The van der Waals surface area contributed by atoms with Crippen LogP contribution in [0.25, 0.3) is 0 Å². The van der Waals surface area contributed by atoms with Gasteiger partial charge in [-0.2, -0.15) is 0 Å². The van der Waals surface area contributed by atoms with Crippen LogP contribution in [-0.2, 0) is 0 Å². The molecule has 1 fully saturated rings. The molecule has 1 atom stereocenters. The lowest BCUT2D eigenvalue weighted by Crippen LogP contribution is -2.40. The van der Waals surface area contributed by atoms with Crippen molar-refractivity contribution in [2.75, 3.05) is 6.54 Å². The lowest BCUT2D eigenvalue weighted by Gasteiger charge is -2.29. The summed E-state index contributed by atoms with van der Waals surface area (Å²) in [5.41, 5.74) is -0.192. The quantitative estimate of drug-likeness (QED) is 0.891. The SMILES string of the molecule is CCC1CCCCCN1C(=O)c1c(O)cccc1F. The summed E-state index contributed by atoms with van der Waals surface area (Å²) < 4.78 is 13.8. The predicted octanol–water partition coefficient (Wildman–Crippen LogP) is 3.33. The minimum absolute atomic E-state index is 0.147. The maximum Gasteiger partial charge on any atom is 0.260 e. The normalized spacial score (nSPS) is 20.1. The number of nitrogens with zero attached hydrogens (tertiary/aromatic N) is 1. The molecule has 3 nitrogen and oxygen atoms in total. The van der Waals surface area contributed by atoms with Gasteiger partial charge in [0.05, 0.1) is 0 Å². The number of carbonyl (C=O) groups is 1. The van der Waals surface area contributed by atoms with Gasteiger partial charge < -0.3 is 10.0 Å². The highest BCUT2D eigenvalue weighted by Gasteiger charge is 2.28. The molecule has 1 aliphatic rings. The van der Waals surface area contributed by atoms with Crippen LogP contribution in [0.4, 0.5) is 4.39 Å².